The lowest BCUT2D eigenvalue weighted by Crippen LogP contribution is -2.33. The number of benzene rings is 1. The number of aryl methyl sites for hydroxylation is 1. The van der Waals surface area contributed by atoms with Crippen LogP contribution in [0, 0.1) is 6.92 Å². The van der Waals surface area contributed by atoms with Gasteiger partial charge in [0.2, 0.25) is 0 Å². The molecule has 0 aliphatic carbocycles. The van der Waals surface area contributed by atoms with E-state index in [0.717, 1.165) is 40.8 Å². The topological polar surface area (TPSA) is 45.2 Å². The fourth-order valence-corrected chi connectivity index (χ4v) is 4.47. The SMILES string of the molecule is Cc1nc(-c2cccc(SS)c2)sc1C(=O)NCCN1CCCC1. The zero-order chi connectivity index (χ0) is 16.9. The third-order valence-electron chi connectivity index (χ3n) is 4.10. The van der Waals surface area contributed by atoms with Crippen molar-refractivity contribution in [3.05, 3.63) is 34.8 Å². The van der Waals surface area contributed by atoms with Crippen molar-refractivity contribution in [3.8, 4) is 10.6 Å². The van der Waals surface area contributed by atoms with Crippen LogP contribution in [-0.2, 0) is 0 Å². The van der Waals surface area contributed by atoms with Gasteiger partial charge in [-0.25, -0.2) is 4.98 Å². The summed E-state index contributed by atoms with van der Waals surface area (Å²) in [5, 5.41) is 3.90. The highest BCUT2D eigenvalue weighted by atomic mass is 33.1. The molecule has 0 unspecified atom stereocenters. The molecule has 24 heavy (non-hydrogen) atoms. The highest BCUT2D eigenvalue weighted by Crippen LogP contribution is 2.31. The highest BCUT2D eigenvalue weighted by Gasteiger charge is 2.17. The number of nitrogens with zero attached hydrogens (tertiary/aromatic N) is 2. The minimum Gasteiger partial charge on any atom is -0.350 e. The molecule has 0 radical (unpaired) electrons. The number of nitrogens with one attached hydrogen (secondary N) is 1. The summed E-state index contributed by atoms with van der Waals surface area (Å²) in [6.45, 7) is 5.82. The summed E-state index contributed by atoms with van der Waals surface area (Å²) < 4.78 is 0. The average Bonchev–Trinajstić information content (AvgIpc) is 3.24. The lowest BCUT2D eigenvalue weighted by Gasteiger charge is -2.14. The molecule has 0 spiro atoms. The first-order valence-corrected chi connectivity index (χ1v) is 10.8. The zero-order valence-electron chi connectivity index (χ0n) is 13.6. The van der Waals surface area contributed by atoms with E-state index in [9.17, 15) is 4.79 Å². The van der Waals surface area contributed by atoms with Crippen molar-refractivity contribution in [1.29, 1.82) is 0 Å². The summed E-state index contributed by atoms with van der Waals surface area (Å²) in [5.41, 5.74) is 1.82. The van der Waals surface area contributed by atoms with Crippen molar-refractivity contribution >= 4 is 39.7 Å². The van der Waals surface area contributed by atoms with Crippen molar-refractivity contribution in [1.82, 2.24) is 15.2 Å². The Kier molecular flexibility index (Phi) is 6.21. The molecule has 1 amide bonds. The van der Waals surface area contributed by atoms with Crippen LogP contribution in [0.25, 0.3) is 10.6 Å². The summed E-state index contributed by atoms with van der Waals surface area (Å²) in [7, 11) is 1.41. The third-order valence-corrected chi connectivity index (χ3v) is 6.40. The van der Waals surface area contributed by atoms with Gasteiger partial charge >= 0.3 is 0 Å². The Morgan fingerprint density at radius 1 is 1.42 bits per heavy atom. The molecule has 1 aromatic carbocycles. The number of rotatable bonds is 6. The molecule has 1 saturated heterocycles. The van der Waals surface area contributed by atoms with Gasteiger partial charge < -0.3 is 10.2 Å². The Labute approximate surface area is 155 Å². The van der Waals surface area contributed by atoms with Crippen LogP contribution >= 0.6 is 33.8 Å². The fraction of sp³-hybridized carbons (Fsp3) is 0.412. The molecule has 1 N–H and O–H groups in total. The molecular formula is C17H21N3OS3. The van der Waals surface area contributed by atoms with E-state index in [1.807, 2.05) is 31.2 Å². The van der Waals surface area contributed by atoms with E-state index >= 15 is 0 Å². The van der Waals surface area contributed by atoms with Gasteiger partial charge in [0.15, 0.2) is 0 Å². The van der Waals surface area contributed by atoms with E-state index in [0.29, 0.717) is 11.4 Å². The van der Waals surface area contributed by atoms with E-state index in [1.165, 1.54) is 35.0 Å². The normalized spacial score (nSPS) is 14.9. The number of hydrogen-bond acceptors (Lipinski definition) is 6. The first-order valence-electron chi connectivity index (χ1n) is 8.07. The second kappa shape index (κ2) is 8.38. The van der Waals surface area contributed by atoms with E-state index in [-0.39, 0.29) is 5.91 Å². The van der Waals surface area contributed by atoms with Gasteiger partial charge in [-0.15, -0.1) is 23.0 Å². The molecule has 2 heterocycles. The van der Waals surface area contributed by atoms with Crippen molar-refractivity contribution in [2.45, 2.75) is 24.7 Å². The minimum atomic E-state index is -0.0184. The first-order chi connectivity index (χ1) is 11.7. The lowest BCUT2D eigenvalue weighted by molar-refractivity contribution is 0.0953. The Morgan fingerprint density at radius 2 is 2.21 bits per heavy atom. The van der Waals surface area contributed by atoms with Crippen LogP contribution in [0.3, 0.4) is 0 Å². The van der Waals surface area contributed by atoms with Gasteiger partial charge in [-0.2, -0.15) is 0 Å². The first kappa shape index (κ1) is 17.8. The van der Waals surface area contributed by atoms with Crippen molar-refractivity contribution in [3.63, 3.8) is 0 Å². The fourth-order valence-electron chi connectivity index (χ4n) is 2.83. The van der Waals surface area contributed by atoms with Crippen LogP contribution in [0.2, 0.25) is 0 Å². The lowest BCUT2D eigenvalue weighted by atomic mass is 10.2. The predicted octanol–water partition coefficient (Wildman–Crippen LogP) is 3.88. The number of carbonyl (C=O) groups excluding carboxylic acids is 1. The summed E-state index contributed by atoms with van der Waals surface area (Å²) in [4.78, 5) is 21.2. The van der Waals surface area contributed by atoms with Crippen molar-refractivity contribution in [2.24, 2.45) is 0 Å². The second-order valence-corrected chi connectivity index (χ2v) is 8.06. The molecule has 1 aromatic heterocycles. The molecule has 2 aromatic rings. The maximum absolute atomic E-state index is 12.4. The van der Waals surface area contributed by atoms with Gasteiger partial charge in [0.1, 0.15) is 9.88 Å². The molecular weight excluding hydrogens is 358 g/mol. The Hall–Kier alpha value is -1.02. The maximum Gasteiger partial charge on any atom is 0.263 e. The molecule has 1 aliphatic rings. The number of thiol groups is 1. The van der Waals surface area contributed by atoms with E-state index < -0.39 is 0 Å². The van der Waals surface area contributed by atoms with E-state index in [4.69, 9.17) is 0 Å². The Balaban J connectivity index is 1.65. The number of thiazole rings is 1. The van der Waals surface area contributed by atoms with Crippen molar-refractivity contribution in [2.75, 3.05) is 26.2 Å². The molecule has 7 heteroatoms. The van der Waals surface area contributed by atoms with Gasteiger partial charge in [0, 0.05) is 23.5 Å². The molecule has 3 rings (SSSR count). The standard InChI is InChI=1S/C17H21N3OS3/c1-12-15(16(21)18-7-10-20-8-2-3-9-20)23-17(19-12)13-5-4-6-14(11-13)24-22/h4-6,11,22H,2-3,7-10H2,1H3,(H,18,21). The van der Waals surface area contributed by atoms with Crippen LogP contribution in [0.1, 0.15) is 28.2 Å². The van der Waals surface area contributed by atoms with Crippen LogP contribution in [0.15, 0.2) is 29.2 Å². The number of carbonyl (C=O) groups is 1. The largest absolute Gasteiger partial charge is 0.350 e. The molecule has 0 atom stereocenters. The zero-order valence-corrected chi connectivity index (χ0v) is 16.1. The minimum absolute atomic E-state index is 0.0184. The van der Waals surface area contributed by atoms with Crippen LogP contribution in [0.4, 0.5) is 0 Å². The van der Waals surface area contributed by atoms with Gasteiger partial charge in [0.05, 0.1) is 5.69 Å². The Bertz CT molecular complexity index is 711. The average molecular weight is 380 g/mol. The van der Waals surface area contributed by atoms with E-state index in [1.54, 1.807) is 0 Å². The summed E-state index contributed by atoms with van der Waals surface area (Å²) in [6, 6.07) is 8.06. The van der Waals surface area contributed by atoms with Gasteiger partial charge in [-0.3, -0.25) is 4.79 Å². The van der Waals surface area contributed by atoms with Crippen LogP contribution in [0.5, 0.6) is 0 Å². The summed E-state index contributed by atoms with van der Waals surface area (Å²) >= 11 is 5.69. The van der Waals surface area contributed by atoms with Crippen molar-refractivity contribution < 1.29 is 4.79 Å². The number of likely N-dealkylation sites (tertiary alicyclic amines) is 1. The third kappa shape index (κ3) is 4.33. The summed E-state index contributed by atoms with van der Waals surface area (Å²) in [6.07, 6.45) is 2.55. The highest BCUT2D eigenvalue weighted by molar-refractivity contribution is 8.68. The number of hydrogen-bond donors (Lipinski definition) is 2. The molecule has 0 saturated carbocycles. The second-order valence-electron chi connectivity index (χ2n) is 5.86. The number of amides is 1. The molecule has 128 valence electrons. The van der Waals surface area contributed by atoms with Crippen LogP contribution < -0.4 is 5.32 Å². The molecule has 1 aliphatic heterocycles. The molecule has 0 bridgehead atoms. The maximum atomic E-state index is 12.4. The van der Waals surface area contributed by atoms with Crippen LogP contribution in [-0.4, -0.2) is 42.0 Å². The Morgan fingerprint density at radius 3 is 2.96 bits per heavy atom. The monoisotopic (exact) mass is 379 g/mol. The molecule has 4 nitrogen and oxygen atoms in total. The predicted molar refractivity (Wildman–Crippen MR) is 105 cm³/mol. The van der Waals surface area contributed by atoms with Gasteiger partial charge in [-0.1, -0.05) is 22.9 Å². The quantitative estimate of drug-likeness (QED) is 0.591. The van der Waals surface area contributed by atoms with Gasteiger partial charge in [-0.05, 0) is 45.0 Å². The molecule has 1 fully saturated rings. The number of aromatic nitrogens is 1. The summed E-state index contributed by atoms with van der Waals surface area (Å²) in [5.74, 6) is -0.0184. The smallest absolute Gasteiger partial charge is 0.263 e. The van der Waals surface area contributed by atoms with E-state index in [2.05, 4.69) is 26.9 Å². The van der Waals surface area contributed by atoms with Gasteiger partial charge in [0.25, 0.3) is 5.91 Å².